The van der Waals surface area contributed by atoms with Gasteiger partial charge in [-0.25, -0.2) is 4.79 Å². The molecular weight excluding hydrogens is 260 g/mol. The van der Waals surface area contributed by atoms with E-state index in [1.54, 1.807) is 26.0 Å². The Bertz CT molecular complexity index is 461. The van der Waals surface area contributed by atoms with Crippen LogP contribution in [0, 0.1) is 5.41 Å². The summed E-state index contributed by atoms with van der Waals surface area (Å²) in [6, 6.07) is 0. The maximum atomic E-state index is 11.1. The zero-order valence-corrected chi connectivity index (χ0v) is 12.1. The van der Waals surface area contributed by atoms with Crippen LogP contribution in [0.15, 0.2) is 23.8 Å². The van der Waals surface area contributed by atoms with Crippen molar-refractivity contribution in [3.05, 3.63) is 23.8 Å². The average Bonchev–Trinajstić information content (AvgIpc) is 2.43. The first kappa shape index (κ1) is 15.2. The lowest BCUT2D eigenvalue weighted by molar-refractivity contribution is -0.150. The molecule has 0 spiro atoms. The minimum Gasteiger partial charge on any atom is -0.478 e. The van der Waals surface area contributed by atoms with Crippen LogP contribution < -0.4 is 0 Å². The molecule has 3 N–H and O–H groups in total. The molecule has 2 aliphatic rings. The zero-order chi connectivity index (χ0) is 15.2. The number of hydrogen-bond donors (Lipinski definition) is 3. The molecule has 0 amide bonds. The van der Waals surface area contributed by atoms with Crippen LogP contribution in [0.25, 0.3) is 0 Å². The Kier molecular flexibility index (Phi) is 3.57. The summed E-state index contributed by atoms with van der Waals surface area (Å²) in [6.45, 7) is 5.73. The Balaban J connectivity index is 2.34. The summed E-state index contributed by atoms with van der Waals surface area (Å²) in [5.41, 5.74) is -2.09. The molecule has 4 atom stereocenters. The highest BCUT2D eigenvalue weighted by Crippen LogP contribution is 2.57. The van der Waals surface area contributed by atoms with Gasteiger partial charge in [0.1, 0.15) is 11.2 Å². The Morgan fingerprint density at radius 3 is 2.55 bits per heavy atom. The Hall–Kier alpha value is -1.17. The molecule has 0 unspecified atom stereocenters. The van der Waals surface area contributed by atoms with Gasteiger partial charge in [-0.05, 0) is 31.9 Å². The van der Waals surface area contributed by atoms with Crippen LogP contribution in [0.4, 0.5) is 0 Å². The second kappa shape index (κ2) is 4.69. The van der Waals surface area contributed by atoms with Gasteiger partial charge in [-0.3, -0.25) is 0 Å². The number of carboxylic acid groups (broad SMARTS) is 1. The molecule has 0 aromatic heterocycles. The van der Waals surface area contributed by atoms with Gasteiger partial charge in [-0.1, -0.05) is 13.0 Å². The molecule has 1 aliphatic carbocycles. The average molecular weight is 282 g/mol. The van der Waals surface area contributed by atoms with Crippen LogP contribution in [0.3, 0.4) is 0 Å². The number of allylic oxidation sites excluding steroid dienone is 2. The molecule has 0 aromatic carbocycles. The van der Waals surface area contributed by atoms with Crippen LogP contribution in [0.1, 0.15) is 33.6 Å². The van der Waals surface area contributed by atoms with Gasteiger partial charge in [0.15, 0.2) is 0 Å². The van der Waals surface area contributed by atoms with Crippen molar-refractivity contribution in [1.29, 1.82) is 0 Å². The summed E-state index contributed by atoms with van der Waals surface area (Å²) in [5.74, 6) is -1.02. The van der Waals surface area contributed by atoms with E-state index in [9.17, 15) is 15.0 Å². The van der Waals surface area contributed by atoms with E-state index in [1.807, 2.05) is 6.92 Å². The fourth-order valence-electron chi connectivity index (χ4n) is 3.52. The summed E-state index contributed by atoms with van der Waals surface area (Å²) in [4.78, 5) is 10.6. The highest BCUT2D eigenvalue weighted by Gasteiger charge is 2.67. The molecule has 5 heteroatoms. The van der Waals surface area contributed by atoms with Gasteiger partial charge >= 0.3 is 5.97 Å². The minimum atomic E-state index is -1.22. The fourth-order valence-corrected chi connectivity index (χ4v) is 3.52. The van der Waals surface area contributed by atoms with Crippen molar-refractivity contribution in [3.63, 3.8) is 0 Å². The zero-order valence-electron chi connectivity index (χ0n) is 12.1. The first-order valence-electron chi connectivity index (χ1n) is 6.77. The summed E-state index contributed by atoms with van der Waals surface area (Å²) >= 11 is 0. The fraction of sp³-hybridized carbons (Fsp3) is 0.667. The van der Waals surface area contributed by atoms with E-state index in [1.165, 1.54) is 0 Å². The second-order valence-corrected chi connectivity index (χ2v) is 6.47. The number of aliphatic carboxylic acids is 1. The number of carboxylic acids is 1. The van der Waals surface area contributed by atoms with Crippen LogP contribution >= 0.6 is 0 Å². The summed E-state index contributed by atoms with van der Waals surface area (Å²) in [5, 5.41) is 29.7. The molecular formula is C15H22O5. The summed E-state index contributed by atoms with van der Waals surface area (Å²) in [6.07, 6.45) is 4.66. The molecule has 1 aliphatic heterocycles. The molecule has 112 valence electrons. The quantitative estimate of drug-likeness (QED) is 0.536. The Morgan fingerprint density at radius 1 is 1.35 bits per heavy atom. The van der Waals surface area contributed by atoms with E-state index in [4.69, 9.17) is 9.84 Å². The van der Waals surface area contributed by atoms with Gasteiger partial charge in [0.25, 0.3) is 0 Å². The number of fused-ring (bicyclic) bond motifs is 2. The molecule has 5 nitrogen and oxygen atoms in total. The molecule has 0 aromatic rings. The first-order chi connectivity index (χ1) is 9.12. The van der Waals surface area contributed by atoms with Crippen molar-refractivity contribution in [1.82, 2.24) is 0 Å². The summed E-state index contributed by atoms with van der Waals surface area (Å²) < 4.78 is 5.77. The van der Waals surface area contributed by atoms with Crippen molar-refractivity contribution in [2.45, 2.75) is 50.9 Å². The van der Waals surface area contributed by atoms with Gasteiger partial charge in [0.05, 0.1) is 12.7 Å². The SMILES string of the molecule is C/C(C=C[C@]1(O)[C@]2(C)CO[C@@]1(C)C[C@H](O)C2)=C/C(=O)O. The molecule has 2 bridgehead atoms. The van der Waals surface area contributed by atoms with Gasteiger partial charge in [0, 0.05) is 17.9 Å². The van der Waals surface area contributed by atoms with Gasteiger partial charge in [-0.15, -0.1) is 0 Å². The molecule has 2 fully saturated rings. The number of carbonyl (C=O) groups is 1. The van der Waals surface area contributed by atoms with E-state index in [0.29, 0.717) is 25.0 Å². The smallest absolute Gasteiger partial charge is 0.328 e. The van der Waals surface area contributed by atoms with E-state index in [-0.39, 0.29) is 0 Å². The van der Waals surface area contributed by atoms with Crippen molar-refractivity contribution in [2.75, 3.05) is 6.61 Å². The van der Waals surface area contributed by atoms with Crippen LogP contribution in [-0.2, 0) is 9.53 Å². The van der Waals surface area contributed by atoms with Crippen molar-refractivity contribution < 1.29 is 24.9 Å². The van der Waals surface area contributed by atoms with Gasteiger partial charge in [0.2, 0.25) is 0 Å². The van der Waals surface area contributed by atoms with Crippen molar-refractivity contribution in [3.8, 4) is 0 Å². The standard InChI is InChI=1S/C15H22O5/c1-10(6-12(17)18)4-5-15(19)13(2)7-11(16)8-14(15,3)20-9-13/h4-6,11,16,19H,7-9H2,1-3H3,(H,17,18)/b5-4?,10-6-/t11-,13+,14+,15+/m1/s1. The molecule has 1 heterocycles. The third kappa shape index (κ3) is 2.20. The predicted octanol–water partition coefficient (Wildman–Crippen LogP) is 1.25. The third-order valence-electron chi connectivity index (χ3n) is 4.69. The number of hydrogen-bond acceptors (Lipinski definition) is 4. The van der Waals surface area contributed by atoms with Crippen molar-refractivity contribution in [2.24, 2.45) is 5.41 Å². The molecule has 20 heavy (non-hydrogen) atoms. The molecule has 2 rings (SSSR count). The maximum absolute atomic E-state index is 11.1. The number of aliphatic hydroxyl groups is 2. The third-order valence-corrected chi connectivity index (χ3v) is 4.69. The second-order valence-electron chi connectivity index (χ2n) is 6.47. The lowest BCUT2D eigenvalue weighted by Gasteiger charge is -2.49. The van der Waals surface area contributed by atoms with Gasteiger partial charge in [-0.2, -0.15) is 0 Å². The van der Waals surface area contributed by atoms with Crippen molar-refractivity contribution >= 4 is 5.97 Å². The highest BCUT2D eigenvalue weighted by atomic mass is 16.5. The maximum Gasteiger partial charge on any atom is 0.328 e. The predicted molar refractivity (Wildman–Crippen MR) is 73.2 cm³/mol. The van der Waals surface area contributed by atoms with Crippen LogP contribution in [0.5, 0.6) is 0 Å². The van der Waals surface area contributed by atoms with E-state index >= 15 is 0 Å². The normalized spacial score (nSPS) is 45.0. The topological polar surface area (TPSA) is 87.0 Å². The number of ether oxygens (including phenoxy) is 1. The largest absolute Gasteiger partial charge is 0.478 e. The minimum absolute atomic E-state index is 0.366. The Labute approximate surface area is 118 Å². The number of aliphatic hydroxyl groups excluding tert-OH is 1. The monoisotopic (exact) mass is 282 g/mol. The number of rotatable bonds is 3. The molecule has 1 saturated heterocycles. The first-order valence-corrected chi connectivity index (χ1v) is 6.77. The Morgan fingerprint density at radius 2 is 2.00 bits per heavy atom. The van der Waals surface area contributed by atoms with Gasteiger partial charge < -0.3 is 20.1 Å². The molecule has 1 saturated carbocycles. The lowest BCUT2D eigenvalue weighted by atomic mass is 9.59. The van der Waals surface area contributed by atoms with Crippen LogP contribution in [-0.4, -0.2) is 45.2 Å². The highest BCUT2D eigenvalue weighted by molar-refractivity contribution is 5.81. The van der Waals surface area contributed by atoms with E-state index < -0.39 is 28.7 Å². The van der Waals surface area contributed by atoms with E-state index in [0.717, 1.165) is 6.08 Å². The van der Waals surface area contributed by atoms with E-state index in [2.05, 4.69) is 0 Å². The molecule has 0 radical (unpaired) electrons. The van der Waals surface area contributed by atoms with Crippen LogP contribution in [0.2, 0.25) is 0 Å². The summed E-state index contributed by atoms with van der Waals surface area (Å²) in [7, 11) is 0. The lowest BCUT2D eigenvalue weighted by Crippen LogP contribution is -2.60.